The summed E-state index contributed by atoms with van der Waals surface area (Å²) in [5.41, 5.74) is 0. The monoisotopic (exact) mass is 352 g/mol. The van der Waals surface area contributed by atoms with Gasteiger partial charge in [0.05, 0.1) is 25.8 Å². The first-order valence-electron chi connectivity index (χ1n) is 9.85. The number of halogens is 1. The highest BCUT2D eigenvalue weighted by Crippen LogP contribution is 2.50. The van der Waals surface area contributed by atoms with E-state index in [0.717, 1.165) is 6.42 Å². The summed E-state index contributed by atoms with van der Waals surface area (Å²) in [5.74, 6) is 1.41. The normalized spacial score (nSPS) is 38.6. The Bertz CT molecular complexity index is 529. The third kappa shape index (κ3) is 3.42. The minimum absolute atomic E-state index is 0.0168. The van der Waals surface area contributed by atoms with Crippen molar-refractivity contribution in [1.82, 2.24) is 10.2 Å². The minimum Gasteiger partial charge on any atom is -0.381 e. The number of carbonyl (C=O) groups excluding carboxylic acids is 2. The fourth-order valence-corrected chi connectivity index (χ4v) is 4.82. The van der Waals surface area contributed by atoms with Gasteiger partial charge in [0.1, 0.15) is 6.17 Å². The lowest BCUT2D eigenvalue weighted by Gasteiger charge is -2.37. The van der Waals surface area contributed by atoms with Crippen LogP contribution in [0.1, 0.15) is 39.0 Å². The molecule has 2 aliphatic carbocycles. The molecule has 6 atom stereocenters. The van der Waals surface area contributed by atoms with E-state index in [1.165, 1.54) is 19.3 Å². The molecule has 6 heteroatoms. The number of fused-ring (bicyclic) bond motifs is 1. The third-order valence-corrected chi connectivity index (χ3v) is 6.77. The number of rotatable bonds is 5. The molecule has 1 N–H and O–H groups in total. The van der Waals surface area contributed by atoms with E-state index < -0.39 is 12.2 Å². The van der Waals surface area contributed by atoms with Crippen molar-refractivity contribution in [1.29, 1.82) is 0 Å². The molecule has 0 spiro atoms. The number of amides is 2. The van der Waals surface area contributed by atoms with Crippen LogP contribution < -0.4 is 5.32 Å². The molecule has 140 valence electrons. The Hall–Kier alpha value is -1.17. The molecular weight excluding hydrogens is 323 g/mol. The predicted molar refractivity (Wildman–Crippen MR) is 90.4 cm³/mol. The van der Waals surface area contributed by atoms with Crippen LogP contribution in [0.2, 0.25) is 0 Å². The maximum atomic E-state index is 14.6. The van der Waals surface area contributed by atoms with Crippen LogP contribution in [-0.4, -0.2) is 55.2 Å². The summed E-state index contributed by atoms with van der Waals surface area (Å²) in [6.07, 6.45) is 3.99. The van der Waals surface area contributed by atoms with Gasteiger partial charge >= 0.3 is 0 Å². The highest BCUT2D eigenvalue weighted by molar-refractivity contribution is 5.83. The van der Waals surface area contributed by atoms with Crippen LogP contribution in [0.4, 0.5) is 4.39 Å². The second kappa shape index (κ2) is 6.86. The second-order valence-corrected chi connectivity index (χ2v) is 8.53. The van der Waals surface area contributed by atoms with E-state index in [1.807, 2.05) is 6.92 Å². The summed E-state index contributed by atoms with van der Waals surface area (Å²) in [6.45, 7) is 3.94. The van der Waals surface area contributed by atoms with Crippen LogP contribution in [0.3, 0.4) is 0 Å². The van der Waals surface area contributed by atoms with E-state index in [-0.39, 0.29) is 30.2 Å². The summed E-state index contributed by atoms with van der Waals surface area (Å²) < 4.78 is 19.9. The number of carbonyl (C=O) groups is 2. The van der Waals surface area contributed by atoms with E-state index in [9.17, 15) is 14.0 Å². The average Bonchev–Trinajstić information content (AvgIpc) is 3.05. The van der Waals surface area contributed by atoms with Gasteiger partial charge in [-0.25, -0.2) is 4.39 Å². The maximum absolute atomic E-state index is 14.6. The molecule has 2 amide bonds. The Kier molecular flexibility index (Phi) is 4.73. The Balaban J connectivity index is 1.24. The topological polar surface area (TPSA) is 58.6 Å². The van der Waals surface area contributed by atoms with Gasteiger partial charge in [0.25, 0.3) is 0 Å². The van der Waals surface area contributed by atoms with E-state index >= 15 is 0 Å². The molecule has 4 fully saturated rings. The van der Waals surface area contributed by atoms with Gasteiger partial charge in [-0.05, 0) is 30.6 Å². The van der Waals surface area contributed by atoms with Crippen LogP contribution >= 0.6 is 0 Å². The summed E-state index contributed by atoms with van der Waals surface area (Å²) >= 11 is 0. The number of nitrogens with one attached hydrogen (secondary N) is 1. The fraction of sp³-hybridized carbons (Fsp3) is 0.895. The number of nitrogens with zero attached hydrogens (tertiary/aromatic N) is 1. The van der Waals surface area contributed by atoms with Crippen molar-refractivity contribution in [3.8, 4) is 0 Å². The van der Waals surface area contributed by atoms with E-state index in [4.69, 9.17) is 4.74 Å². The summed E-state index contributed by atoms with van der Waals surface area (Å²) in [6, 6.07) is -0.458. The highest BCUT2D eigenvalue weighted by Gasteiger charge is 2.58. The SMILES string of the molecule is CC(CC1CCC1)C(=O)N1CCC(NC(=O)C2[C@H]3COC[C@@H]23)C(F)C1. The van der Waals surface area contributed by atoms with Gasteiger partial charge in [0, 0.05) is 18.4 Å². The lowest BCUT2D eigenvalue weighted by atomic mass is 9.79. The molecule has 5 nitrogen and oxygen atoms in total. The molecule has 4 unspecified atom stereocenters. The highest BCUT2D eigenvalue weighted by atomic mass is 19.1. The Morgan fingerprint density at radius 2 is 1.96 bits per heavy atom. The lowest BCUT2D eigenvalue weighted by molar-refractivity contribution is -0.138. The summed E-state index contributed by atoms with van der Waals surface area (Å²) in [5, 5.41) is 2.89. The Labute approximate surface area is 148 Å². The molecule has 2 saturated heterocycles. The molecule has 0 aromatic carbocycles. The number of likely N-dealkylation sites (tertiary alicyclic amines) is 1. The van der Waals surface area contributed by atoms with Gasteiger partial charge in [-0.3, -0.25) is 9.59 Å². The number of alkyl halides is 1. The predicted octanol–water partition coefficient (Wildman–Crippen LogP) is 1.76. The smallest absolute Gasteiger partial charge is 0.225 e. The van der Waals surface area contributed by atoms with Crippen LogP contribution in [-0.2, 0) is 14.3 Å². The zero-order valence-corrected chi connectivity index (χ0v) is 15.0. The van der Waals surface area contributed by atoms with Gasteiger partial charge in [-0.2, -0.15) is 0 Å². The van der Waals surface area contributed by atoms with Crippen LogP contribution in [0.25, 0.3) is 0 Å². The molecule has 0 radical (unpaired) electrons. The molecule has 4 rings (SSSR count). The second-order valence-electron chi connectivity index (χ2n) is 8.53. The van der Waals surface area contributed by atoms with Crippen molar-refractivity contribution in [2.24, 2.45) is 29.6 Å². The molecule has 2 aliphatic heterocycles. The maximum Gasteiger partial charge on any atom is 0.225 e. The number of hydrogen-bond donors (Lipinski definition) is 1. The molecule has 2 heterocycles. The zero-order chi connectivity index (χ0) is 17.6. The van der Waals surface area contributed by atoms with E-state index in [0.29, 0.717) is 43.9 Å². The zero-order valence-electron chi connectivity index (χ0n) is 15.0. The minimum atomic E-state index is -1.17. The molecule has 25 heavy (non-hydrogen) atoms. The van der Waals surface area contributed by atoms with Crippen LogP contribution in [0.15, 0.2) is 0 Å². The van der Waals surface area contributed by atoms with Gasteiger partial charge in [-0.15, -0.1) is 0 Å². The van der Waals surface area contributed by atoms with E-state index in [1.54, 1.807) is 4.90 Å². The van der Waals surface area contributed by atoms with Gasteiger partial charge < -0.3 is 15.0 Å². The first kappa shape index (κ1) is 17.3. The van der Waals surface area contributed by atoms with Crippen molar-refractivity contribution in [3.05, 3.63) is 0 Å². The largest absolute Gasteiger partial charge is 0.381 e. The first-order valence-corrected chi connectivity index (χ1v) is 9.85. The molecule has 0 bridgehead atoms. The van der Waals surface area contributed by atoms with Crippen molar-refractivity contribution in [2.45, 2.75) is 51.2 Å². The first-order chi connectivity index (χ1) is 12.0. The molecular formula is C19H29FN2O3. The lowest BCUT2D eigenvalue weighted by Crippen LogP contribution is -2.55. The Morgan fingerprint density at radius 3 is 2.56 bits per heavy atom. The van der Waals surface area contributed by atoms with Crippen LogP contribution in [0, 0.1) is 29.6 Å². The van der Waals surface area contributed by atoms with Crippen molar-refractivity contribution < 1.29 is 18.7 Å². The van der Waals surface area contributed by atoms with Crippen molar-refractivity contribution in [3.63, 3.8) is 0 Å². The standard InChI is InChI=1S/C19H29FN2O3/c1-11(7-12-3-2-4-12)19(24)22-6-5-16(15(20)8-22)21-18(23)17-13-9-25-10-14(13)17/h11-17H,2-10H2,1H3,(H,21,23)/t11?,13-,14+,15?,16?,17?. The molecule has 2 saturated carbocycles. The van der Waals surface area contributed by atoms with Crippen molar-refractivity contribution >= 4 is 11.8 Å². The van der Waals surface area contributed by atoms with Gasteiger partial charge in [0.15, 0.2) is 0 Å². The van der Waals surface area contributed by atoms with Gasteiger partial charge in [0.2, 0.25) is 11.8 Å². The molecule has 0 aromatic rings. The van der Waals surface area contributed by atoms with Crippen molar-refractivity contribution in [2.75, 3.05) is 26.3 Å². The fourth-order valence-electron chi connectivity index (χ4n) is 4.82. The van der Waals surface area contributed by atoms with E-state index in [2.05, 4.69) is 5.32 Å². The molecule has 0 aromatic heterocycles. The quantitative estimate of drug-likeness (QED) is 0.820. The third-order valence-electron chi connectivity index (χ3n) is 6.77. The molecule has 4 aliphatic rings. The average molecular weight is 352 g/mol. The summed E-state index contributed by atoms with van der Waals surface area (Å²) in [4.78, 5) is 26.5. The number of piperidine rings is 1. The number of ether oxygens (including phenoxy) is 1. The number of hydrogen-bond acceptors (Lipinski definition) is 3. The Morgan fingerprint density at radius 1 is 1.24 bits per heavy atom. The van der Waals surface area contributed by atoms with Crippen LogP contribution in [0.5, 0.6) is 0 Å². The van der Waals surface area contributed by atoms with Gasteiger partial charge in [-0.1, -0.05) is 26.2 Å². The summed E-state index contributed by atoms with van der Waals surface area (Å²) in [7, 11) is 0.